The number of benzene rings is 3. The Balaban J connectivity index is 0.00000300. The molecule has 3 aromatic rings. The van der Waals surface area contributed by atoms with Gasteiger partial charge in [-0.1, -0.05) is 12.1 Å². The predicted molar refractivity (Wildman–Crippen MR) is 118 cm³/mol. The number of anilines is 1. The molecule has 0 aliphatic carbocycles. The number of phenols is 1. The molecule has 0 unspecified atom stereocenters. The van der Waals surface area contributed by atoms with Crippen LogP contribution in [0.4, 0.5) is 11.4 Å². The van der Waals surface area contributed by atoms with Crippen LogP contribution in [0.2, 0.25) is 0 Å². The van der Waals surface area contributed by atoms with E-state index < -0.39 is 10.1 Å². The summed E-state index contributed by atoms with van der Waals surface area (Å²) in [5.74, 6) is -0.215. The maximum Gasteiger partial charge on any atom is 0.294 e. The van der Waals surface area contributed by atoms with Crippen molar-refractivity contribution in [2.24, 2.45) is 4.99 Å². The van der Waals surface area contributed by atoms with Crippen molar-refractivity contribution in [1.29, 1.82) is 0 Å². The number of nitrogens with zero attached hydrogens (tertiary/aromatic N) is 2. The van der Waals surface area contributed by atoms with Crippen molar-refractivity contribution < 1.29 is 18.1 Å². The minimum Gasteiger partial charge on any atom is -0.507 e. The summed E-state index contributed by atoms with van der Waals surface area (Å²) >= 11 is 0. The van der Waals surface area contributed by atoms with E-state index in [1.165, 1.54) is 6.07 Å². The number of aliphatic imine (C=N–C) groups is 1. The molecule has 3 aromatic carbocycles. The molecular weight excluding hydrogens is 399 g/mol. The molecule has 8 heteroatoms. The Bertz CT molecular complexity index is 1130. The molecule has 0 saturated carbocycles. The van der Waals surface area contributed by atoms with E-state index in [0.29, 0.717) is 16.5 Å². The van der Waals surface area contributed by atoms with Gasteiger partial charge in [-0.05, 0) is 61.2 Å². The molecule has 0 amide bonds. The normalized spacial score (nSPS) is 11.6. The van der Waals surface area contributed by atoms with E-state index in [0.717, 1.165) is 30.4 Å². The van der Waals surface area contributed by atoms with Gasteiger partial charge in [-0.15, -0.1) is 0 Å². The van der Waals surface area contributed by atoms with Crippen LogP contribution in [0.15, 0.2) is 64.5 Å². The summed E-state index contributed by atoms with van der Waals surface area (Å²) in [7, 11) is -4.40. The van der Waals surface area contributed by atoms with Crippen molar-refractivity contribution in [3.05, 3.63) is 60.2 Å². The van der Waals surface area contributed by atoms with Gasteiger partial charge in [0.25, 0.3) is 10.1 Å². The smallest absolute Gasteiger partial charge is 0.294 e. The van der Waals surface area contributed by atoms with Gasteiger partial charge in [0.15, 0.2) is 0 Å². The number of rotatable bonds is 6. The molecule has 2 N–H and O–H groups in total. The maximum atomic E-state index is 11.4. The van der Waals surface area contributed by atoms with Crippen LogP contribution in [-0.2, 0) is 10.1 Å². The molecule has 0 heterocycles. The van der Waals surface area contributed by atoms with Gasteiger partial charge in [-0.2, -0.15) is 8.42 Å². The fourth-order valence-corrected chi connectivity index (χ4v) is 3.58. The van der Waals surface area contributed by atoms with Gasteiger partial charge < -0.3 is 10.0 Å². The topological polar surface area (TPSA) is 90.2 Å². The van der Waals surface area contributed by atoms with Crippen LogP contribution in [0, 0.1) is 0 Å². The van der Waals surface area contributed by atoms with Crippen molar-refractivity contribution in [2.75, 3.05) is 18.0 Å². The van der Waals surface area contributed by atoms with Crippen LogP contribution in [-0.4, -0.2) is 66.9 Å². The number of hydrogen-bond acceptors (Lipinski definition) is 5. The molecule has 0 aromatic heterocycles. The Morgan fingerprint density at radius 2 is 1.66 bits per heavy atom. The Kier molecular flexibility index (Phi) is 7.85. The number of phenolic OH excluding ortho intramolecular Hbond substituents is 1. The fraction of sp³-hybridized carbons (Fsp3) is 0.190. The van der Waals surface area contributed by atoms with E-state index in [4.69, 9.17) is 0 Å². The van der Waals surface area contributed by atoms with Crippen molar-refractivity contribution in [2.45, 2.75) is 18.7 Å². The first-order valence-electron chi connectivity index (χ1n) is 8.95. The summed E-state index contributed by atoms with van der Waals surface area (Å²) in [6, 6.07) is 15.5. The first-order chi connectivity index (χ1) is 13.3. The van der Waals surface area contributed by atoms with Crippen molar-refractivity contribution in [3.8, 4) is 5.75 Å². The largest absolute Gasteiger partial charge is 0.507 e. The Morgan fingerprint density at radius 1 is 1.00 bits per heavy atom. The summed E-state index contributed by atoms with van der Waals surface area (Å²) in [5.41, 5.74) is 2.69. The van der Waals surface area contributed by atoms with E-state index in [9.17, 15) is 18.1 Å². The molecule has 0 fully saturated rings. The third-order valence-corrected chi connectivity index (χ3v) is 5.40. The number of aromatic hydroxyl groups is 1. The molecule has 0 saturated heterocycles. The van der Waals surface area contributed by atoms with Gasteiger partial charge in [0.2, 0.25) is 0 Å². The molecule has 29 heavy (non-hydrogen) atoms. The SMILES string of the molecule is CCN(CC)c1ccc(C=Nc2ccc3c(O)cc(S(=O)(=O)O)cc3c2)cc1.[Na]. The van der Waals surface area contributed by atoms with Crippen molar-refractivity contribution >= 4 is 68.0 Å². The standard InChI is InChI=1S/C21H22N2O4S.Na/c1-3-23(4-2)18-8-5-15(6-9-18)14-22-17-7-10-20-16(11-17)12-19(13-21(20)24)28(25,26)27;/h5-14,24H,3-4H2,1-2H3,(H,25,26,27);. The molecule has 0 aliphatic rings. The fourth-order valence-electron chi connectivity index (χ4n) is 3.05. The van der Waals surface area contributed by atoms with Gasteiger partial charge in [0, 0.05) is 66.0 Å². The third kappa shape index (κ3) is 5.58. The first-order valence-corrected chi connectivity index (χ1v) is 10.4. The van der Waals surface area contributed by atoms with Crippen LogP contribution in [0.25, 0.3) is 10.8 Å². The van der Waals surface area contributed by atoms with Crippen LogP contribution in [0.5, 0.6) is 5.75 Å². The Morgan fingerprint density at radius 3 is 2.24 bits per heavy atom. The van der Waals surface area contributed by atoms with Crippen LogP contribution >= 0.6 is 0 Å². The van der Waals surface area contributed by atoms with Crippen LogP contribution in [0.1, 0.15) is 19.4 Å². The summed E-state index contributed by atoms with van der Waals surface area (Å²) in [6.45, 7) is 6.12. The van der Waals surface area contributed by atoms with E-state index >= 15 is 0 Å². The molecule has 1 radical (unpaired) electrons. The monoisotopic (exact) mass is 421 g/mol. The van der Waals surface area contributed by atoms with Gasteiger partial charge in [-0.25, -0.2) is 0 Å². The third-order valence-electron chi connectivity index (χ3n) is 4.57. The van der Waals surface area contributed by atoms with E-state index in [2.05, 4.69) is 23.7 Å². The molecule has 3 rings (SSSR count). The summed E-state index contributed by atoms with van der Waals surface area (Å²) in [6.07, 6.45) is 1.72. The molecule has 0 aliphatic heterocycles. The average molecular weight is 421 g/mol. The van der Waals surface area contributed by atoms with Crippen molar-refractivity contribution in [1.82, 2.24) is 0 Å². The quantitative estimate of drug-likeness (QED) is 0.357. The number of hydrogen-bond donors (Lipinski definition) is 2. The van der Waals surface area contributed by atoms with Crippen LogP contribution < -0.4 is 4.90 Å². The van der Waals surface area contributed by atoms with Gasteiger partial charge in [0.1, 0.15) is 5.75 Å². The summed E-state index contributed by atoms with van der Waals surface area (Å²) < 4.78 is 31.9. The zero-order valence-corrected chi connectivity index (χ0v) is 19.5. The van der Waals surface area contributed by atoms with Gasteiger partial charge in [-0.3, -0.25) is 9.55 Å². The van der Waals surface area contributed by atoms with Gasteiger partial charge >= 0.3 is 0 Å². The van der Waals surface area contributed by atoms with E-state index in [-0.39, 0.29) is 40.2 Å². The number of fused-ring (bicyclic) bond motifs is 1. The second-order valence-corrected chi connectivity index (χ2v) is 7.77. The first kappa shape index (κ1) is 23.4. The predicted octanol–water partition coefficient (Wildman–Crippen LogP) is 4.01. The molecular formula is C21H22N2NaO4S. The van der Waals surface area contributed by atoms with Crippen LogP contribution in [0.3, 0.4) is 0 Å². The van der Waals surface area contributed by atoms with E-state index in [1.54, 1.807) is 24.4 Å². The molecule has 0 atom stereocenters. The maximum absolute atomic E-state index is 11.4. The minimum atomic E-state index is -4.40. The van der Waals surface area contributed by atoms with E-state index in [1.807, 2.05) is 24.3 Å². The average Bonchev–Trinajstić information content (AvgIpc) is 2.67. The second kappa shape index (κ2) is 9.73. The zero-order valence-electron chi connectivity index (χ0n) is 16.7. The Hall–Kier alpha value is -1.90. The molecule has 0 spiro atoms. The minimum absolute atomic E-state index is 0. The second-order valence-electron chi connectivity index (χ2n) is 6.34. The summed E-state index contributed by atoms with van der Waals surface area (Å²) in [5, 5.41) is 11.0. The summed E-state index contributed by atoms with van der Waals surface area (Å²) in [4.78, 5) is 6.33. The molecule has 6 nitrogen and oxygen atoms in total. The zero-order chi connectivity index (χ0) is 20.3. The molecule has 0 bridgehead atoms. The molecule has 147 valence electrons. The van der Waals surface area contributed by atoms with Crippen molar-refractivity contribution in [3.63, 3.8) is 0 Å². The Labute approximate surface area is 192 Å². The van der Waals surface area contributed by atoms with Gasteiger partial charge in [0.05, 0.1) is 10.6 Å².